The molecule has 1 heterocycles. The second-order valence-electron chi connectivity index (χ2n) is 12.1. The van der Waals surface area contributed by atoms with Crippen LogP contribution in [0.5, 0.6) is 0 Å². The monoisotopic (exact) mass is 418 g/mol. The first-order valence-electron chi connectivity index (χ1n) is 12.7. The second-order valence-corrected chi connectivity index (χ2v) is 12.1. The molecule has 5 rings (SSSR count). The number of carbonyl (C=O) groups excluding carboxylic acids is 1. The lowest BCUT2D eigenvalue weighted by Crippen LogP contribution is -2.58. The Kier molecular flexibility index (Phi) is 5.10. The van der Waals surface area contributed by atoms with Crippen LogP contribution in [-0.4, -0.2) is 35.5 Å². The first-order chi connectivity index (χ1) is 14.2. The van der Waals surface area contributed by atoms with Crippen LogP contribution < -0.4 is 0 Å². The number of hydrogen-bond acceptors (Lipinski definition) is 4. The molecule has 5 fully saturated rings. The summed E-state index contributed by atoms with van der Waals surface area (Å²) in [6, 6.07) is 0. The molecule has 1 saturated heterocycles. The number of aliphatic hydroxyl groups is 1. The molecule has 4 saturated carbocycles. The molecule has 4 nitrogen and oxygen atoms in total. The van der Waals surface area contributed by atoms with E-state index in [2.05, 4.69) is 27.7 Å². The van der Waals surface area contributed by atoms with E-state index < -0.39 is 0 Å². The van der Waals surface area contributed by atoms with Gasteiger partial charge in [0.05, 0.1) is 18.3 Å². The number of carbonyl (C=O) groups is 1. The van der Waals surface area contributed by atoms with Gasteiger partial charge in [-0.15, -0.1) is 0 Å². The van der Waals surface area contributed by atoms with Crippen molar-refractivity contribution >= 4 is 5.97 Å². The van der Waals surface area contributed by atoms with E-state index in [9.17, 15) is 9.90 Å². The molecule has 12 atom stereocenters. The minimum Gasteiger partial charge on any atom is -0.462 e. The van der Waals surface area contributed by atoms with Gasteiger partial charge in [-0.25, -0.2) is 0 Å². The normalized spacial score (nSPS) is 57.1. The average Bonchev–Trinajstić information content (AvgIpc) is 3.40. The molecule has 1 aliphatic heterocycles. The molecule has 4 heteroatoms. The molecule has 0 bridgehead atoms. The predicted molar refractivity (Wildman–Crippen MR) is 116 cm³/mol. The van der Waals surface area contributed by atoms with Crippen LogP contribution in [0.3, 0.4) is 0 Å². The summed E-state index contributed by atoms with van der Waals surface area (Å²) in [6.07, 6.45) is 9.68. The third-order valence-electron chi connectivity index (χ3n) is 10.9. The van der Waals surface area contributed by atoms with Crippen molar-refractivity contribution in [3.8, 4) is 0 Å². The molecule has 0 aromatic carbocycles. The molecule has 7 unspecified atom stereocenters. The summed E-state index contributed by atoms with van der Waals surface area (Å²) in [5.74, 6) is 3.67. The Morgan fingerprint density at radius 3 is 2.57 bits per heavy atom. The van der Waals surface area contributed by atoms with Gasteiger partial charge in [-0.3, -0.25) is 4.79 Å². The Morgan fingerprint density at radius 1 is 1.13 bits per heavy atom. The topological polar surface area (TPSA) is 59.1 Å². The standard InChI is InChI=1S/C26H42O4/c1-6-21-24(30-21)19-13-22(29-15(3)27)25(4)10-9-20-18(23(19)25)8-7-16-12-17(28)11-14(2)26(16,20)5/h14,16-24,28H,6-13H2,1-5H3/t14?,16?,17?,18-,19?,20-,21?,22?,23-,24?,25-,26+/m1/s1. The summed E-state index contributed by atoms with van der Waals surface area (Å²) in [4.78, 5) is 11.9. The van der Waals surface area contributed by atoms with E-state index in [0.717, 1.165) is 38.0 Å². The largest absolute Gasteiger partial charge is 0.462 e. The highest BCUT2D eigenvalue weighted by molar-refractivity contribution is 5.66. The predicted octanol–water partition coefficient (Wildman–Crippen LogP) is 4.97. The van der Waals surface area contributed by atoms with Crippen molar-refractivity contribution in [2.45, 2.75) is 110 Å². The van der Waals surface area contributed by atoms with Gasteiger partial charge in [0, 0.05) is 12.3 Å². The van der Waals surface area contributed by atoms with Crippen LogP contribution in [-0.2, 0) is 14.3 Å². The highest BCUT2D eigenvalue weighted by atomic mass is 16.6. The maximum Gasteiger partial charge on any atom is 0.302 e. The van der Waals surface area contributed by atoms with Crippen molar-refractivity contribution in [3.05, 3.63) is 0 Å². The van der Waals surface area contributed by atoms with Gasteiger partial charge in [0.15, 0.2) is 0 Å². The second kappa shape index (κ2) is 7.20. The molecular formula is C26H42O4. The molecule has 5 aliphatic rings. The molecular weight excluding hydrogens is 376 g/mol. The van der Waals surface area contributed by atoms with E-state index in [-0.39, 0.29) is 23.6 Å². The van der Waals surface area contributed by atoms with Crippen molar-refractivity contribution < 1.29 is 19.4 Å². The fourth-order valence-electron chi connectivity index (χ4n) is 9.40. The first-order valence-corrected chi connectivity index (χ1v) is 12.7. The molecule has 0 spiro atoms. The van der Waals surface area contributed by atoms with E-state index in [1.165, 1.54) is 19.3 Å². The van der Waals surface area contributed by atoms with Crippen LogP contribution in [0, 0.1) is 46.3 Å². The Labute approximate surface area is 182 Å². The lowest BCUT2D eigenvalue weighted by molar-refractivity contribution is -0.173. The molecule has 30 heavy (non-hydrogen) atoms. The zero-order chi connectivity index (χ0) is 21.4. The van der Waals surface area contributed by atoms with Gasteiger partial charge >= 0.3 is 5.97 Å². The summed E-state index contributed by atoms with van der Waals surface area (Å²) in [6.45, 7) is 11.2. The lowest BCUT2D eigenvalue weighted by Gasteiger charge is -2.63. The zero-order valence-corrected chi connectivity index (χ0v) is 19.6. The molecule has 0 amide bonds. The lowest BCUT2D eigenvalue weighted by atomic mass is 9.42. The highest BCUT2D eigenvalue weighted by Crippen LogP contribution is 2.70. The van der Waals surface area contributed by atoms with Crippen LogP contribution in [0.2, 0.25) is 0 Å². The number of aliphatic hydroxyl groups excluding tert-OH is 1. The van der Waals surface area contributed by atoms with Crippen molar-refractivity contribution in [3.63, 3.8) is 0 Å². The maximum absolute atomic E-state index is 11.9. The molecule has 170 valence electrons. The van der Waals surface area contributed by atoms with E-state index in [1.807, 2.05) is 0 Å². The van der Waals surface area contributed by atoms with E-state index in [0.29, 0.717) is 47.2 Å². The Hall–Kier alpha value is -0.610. The molecule has 1 N–H and O–H groups in total. The van der Waals surface area contributed by atoms with Gasteiger partial charge in [-0.05, 0) is 92.3 Å². The van der Waals surface area contributed by atoms with Crippen LogP contribution in [0.15, 0.2) is 0 Å². The fourth-order valence-corrected chi connectivity index (χ4v) is 9.40. The van der Waals surface area contributed by atoms with Gasteiger partial charge in [-0.2, -0.15) is 0 Å². The van der Waals surface area contributed by atoms with Crippen molar-refractivity contribution in [1.82, 2.24) is 0 Å². The zero-order valence-electron chi connectivity index (χ0n) is 19.6. The van der Waals surface area contributed by atoms with E-state index in [4.69, 9.17) is 9.47 Å². The van der Waals surface area contributed by atoms with E-state index >= 15 is 0 Å². The molecule has 4 aliphatic carbocycles. The number of fused-ring (bicyclic) bond motifs is 5. The highest BCUT2D eigenvalue weighted by Gasteiger charge is 2.67. The van der Waals surface area contributed by atoms with Gasteiger partial charge in [0.1, 0.15) is 6.10 Å². The minimum atomic E-state index is -0.128. The summed E-state index contributed by atoms with van der Waals surface area (Å²) in [5, 5.41) is 10.5. The number of rotatable bonds is 3. The smallest absolute Gasteiger partial charge is 0.302 e. The van der Waals surface area contributed by atoms with Crippen molar-refractivity contribution in [2.24, 2.45) is 46.3 Å². The van der Waals surface area contributed by atoms with Crippen LogP contribution in [0.1, 0.15) is 86.0 Å². The van der Waals surface area contributed by atoms with E-state index in [1.54, 1.807) is 6.92 Å². The Morgan fingerprint density at radius 2 is 1.90 bits per heavy atom. The third kappa shape index (κ3) is 2.95. The first kappa shape index (κ1) is 21.2. The van der Waals surface area contributed by atoms with Crippen molar-refractivity contribution in [2.75, 3.05) is 0 Å². The minimum absolute atomic E-state index is 0.0452. The molecule has 0 aromatic rings. The van der Waals surface area contributed by atoms with Crippen LogP contribution in [0.25, 0.3) is 0 Å². The number of epoxide rings is 1. The number of ether oxygens (including phenoxy) is 2. The van der Waals surface area contributed by atoms with Gasteiger partial charge in [0.2, 0.25) is 0 Å². The van der Waals surface area contributed by atoms with Gasteiger partial charge < -0.3 is 14.6 Å². The van der Waals surface area contributed by atoms with Crippen LogP contribution >= 0.6 is 0 Å². The third-order valence-corrected chi connectivity index (χ3v) is 10.9. The summed E-state index contributed by atoms with van der Waals surface area (Å²) < 4.78 is 12.2. The fraction of sp³-hybridized carbons (Fsp3) is 0.962. The quantitative estimate of drug-likeness (QED) is 0.519. The molecule has 0 radical (unpaired) electrons. The van der Waals surface area contributed by atoms with Gasteiger partial charge in [0.25, 0.3) is 0 Å². The van der Waals surface area contributed by atoms with Crippen molar-refractivity contribution in [1.29, 1.82) is 0 Å². The Balaban J connectivity index is 1.48. The Bertz CT molecular complexity index is 693. The number of hydrogen-bond donors (Lipinski definition) is 1. The van der Waals surface area contributed by atoms with Gasteiger partial charge in [-0.1, -0.05) is 27.7 Å². The summed E-state index contributed by atoms with van der Waals surface area (Å²) in [5.41, 5.74) is 0.421. The summed E-state index contributed by atoms with van der Waals surface area (Å²) in [7, 11) is 0. The van der Waals surface area contributed by atoms with Crippen LogP contribution in [0.4, 0.5) is 0 Å². The summed E-state index contributed by atoms with van der Waals surface area (Å²) >= 11 is 0. The molecule has 0 aromatic heterocycles. The SMILES string of the molecule is CCC1OC1C1CC(OC(C)=O)[C@@]2(C)CC[C@@H]3[C@@H](CCC4CC(O)CC(C)[C@@]43C)[C@H]12. The number of esters is 1. The average molecular weight is 419 g/mol. The maximum atomic E-state index is 11.9.